The van der Waals surface area contributed by atoms with Crippen LogP contribution in [0.5, 0.6) is 0 Å². The van der Waals surface area contributed by atoms with E-state index in [4.69, 9.17) is 14.2 Å². The number of ether oxygens (including phenoxy) is 3. The number of esters is 3. The van der Waals surface area contributed by atoms with Crippen LogP contribution < -0.4 is 0 Å². The van der Waals surface area contributed by atoms with Crippen LogP contribution in [0.25, 0.3) is 0 Å². The van der Waals surface area contributed by atoms with E-state index < -0.39 is 6.10 Å². The van der Waals surface area contributed by atoms with Crippen LogP contribution in [0.15, 0.2) is 109 Å². The molecule has 0 aliphatic carbocycles. The summed E-state index contributed by atoms with van der Waals surface area (Å²) in [6, 6.07) is 0. The van der Waals surface area contributed by atoms with Gasteiger partial charge in [-0.2, -0.15) is 0 Å². The van der Waals surface area contributed by atoms with E-state index in [1.165, 1.54) is 122 Å². The van der Waals surface area contributed by atoms with Crippen molar-refractivity contribution in [3.8, 4) is 0 Å². The Bertz CT molecular complexity index is 1520. The predicted molar refractivity (Wildman–Crippen MR) is 325 cm³/mol. The average molecular weight is 1040 g/mol. The molecule has 0 N–H and O–H groups in total. The Labute approximate surface area is 463 Å². The lowest BCUT2D eigenvalue weighted by Gasteiger charge is -2.18. The highest BCUT2D eigenvalue weighted by Crippen LogP contribution is 2.16. The highest BCUT2D eigenvalue weighted by molar-refractivity contribution is 5.71. The van der Waals surface area contributed by atoms with Gasteiger partial charge in [-0.05, 0) is 103 Å². The number of hydrogen-bond donors (Lipinski definition) is 0. The smallest absolute Gasteiger partial charge is 0.306 e. The average Bonchev–Trinajstić information content (AvgIpc) is 3.41. The topological polar surface area (TPSA) is 78.9 Å². The third-order valence-electron chi connectivity index (χ3n) is 13.3. The van der Waals surface area contributed by atoms with Crippen molar-refractivity contribution in [2.75, 3.05) is 13.2 Å². The summed E-state index contributed by atoms with van der Waals surface area (Å²) in [5.41, 5.74) is 0. The molecule has 0 amide bonds. The number of carbonyl (C=O) groups is 3. The molecule has 0 saturated heterocycles. The van der Waals surface area contributed by atoms with Gasteiger partial charge in [-0.25, -0.2) is 0 Å². The second-order valence-electron chi connectivity index (χ2n) is 20.6. The second kappa shape index (κ2) is 62.6. The lowest BCUT2D eigenvalue weighted by molar-refractivity contribution is -0.167. The van der Waals surface area contributed by atoms with Gasteiger partial charge in [0.05, 0.1) is 0 Å². The zero-order valence-corrected chi connectivity index (χ0v) is 49.0. The molecule has 0 aromatic heterocycles. The van der Waals surface area contributed by atoms with E-state index in [0.717, 1.165) is 128 Å². The summed E-state index contributed by atoms with van der Waals surface area (Å²) >= 11 is 0. The Balaban J connectivity index is 3.96. The van der Waals surface area contributed by atoms with E-state index in [2.05, 4.69) is 130 Å². The van der Waals surface area contributed by atoms with Crippen molar-refractivity contribution >= 4 is 17.9 Å². The van der Waals surface area contributed by atoms with E-state index in [0.29, 0.717) is 19.3 Å². The van der Waals surface area contributed by atoms with Gasteiger partial charge >= 0.3 is 17.9 Å². The third-order valence-corrected chi connectivity index (χ3v) is 13.3. The maximum atomic E-state index is 12.8. The van der Waals surface area contributed by atoms with Gasteiger partial charge in [0.15, 0.2) is 6.10 Å². The molecule has 6 heteroatoms. The first-order chi connectivity index (χ1) is 37.0. The van der Waals surface area contributed by atoms with E-state index >= 15 is 0 Å². The molecule has 0 fully saturated rings. The van der Waals surface area contributed by atoms with E-state index in [1.54, 1.807) is 0 Å². The number of carbonyl (C=O) groups excluding carboxylic acids is 3. The minimum absolute atomic E-state index is 0.0802. The standard InChI is InChI=1S/C69H116O6/c1-4-7-10-13-15-17-19-21-23-25-26-27-28-29-30-31-32-33-34-35-36-37-38-39-40-41-42-44-45-47-49-51-53-56-59-62-68(71)74-65-66(64-73-67(70)61-58-55-12-9-6-3)75-69(72)63-60-57-54-52-50-48-46-43-24-22-20-18-16-14-11-8-5-2/h7-8,10-11,15-18,21-24,26-27,29-30,32-33,66H,4-6,9,12-14,19-20,25,28,31,34-65H2,1-3H3/b10-7-,11-8-,17-15-,18-16-,23-21-,24-22-,27-26-,30-29-,33-32-. The Morgan fingerprint density at radius 2 is 0.520 bits per heavy atom. The van der Waals surface area contributed by atoms with Crippen molar-refractivity contribution in [2.45, 2.75) is 297 Å². The lowest BCUT2D eigenvalue weighted by Crippen LogP contribution is -2.30. The Kier molecular flexibility index (Phi) is 59.3. The summed E-state index contributed by atoms with van der Waals surface area (Å²) in [4.78, 5) is 37.9. The molecule has 0 aromatic rings. The van der Waals surface area contributed by atoms with Gasteiger partial charge in [0, 0.05) is 19.3 Å². The molecule has 0 spiro atoms. The lowest BCUT2D eigenvalue weighted by atomic mass is 10.0. The Hall–Kier alpha value is -3.93. The Morgan fingerprint density at radius 3 is 0.813 bits per heavy atom. The highest BCUT2D eigenvalue weighted by Gasteiger charge is 2.19. The second-order valence-corrected chi connectivity index (χ2v) is 20.6. The van der Waals surface area contributed by atoms with Crippen LogP contribution in [0, 0.1) is 0 Å². The van der Waals surface area contributed by atoms with Crippen molar-refractivity contribution in [2.24, 2.45) is 0 Å². The molecule has 75 heavy (non-hydrogen) atoms. The minimum atomic E-state index is -0.779. The van der Waals surface area contributed by atoms with Crippen LogP contribution in [0.2, 0.25) is 0 Å². The molecule has 0 bridgehead atoms. The summed E-state index contributed by atoms with van der Waals surface area (Å²) in [6.07, 6.45) is 85.8. The van der Waals surface area contributed by atoms with Crippen LogP contribution in [0.3, 0.4) is 0 Å². The van der Waals surface area contributed by atoms with E-state index in [9.17, 15) is 14.4 Å². The first-order valence-electron chi connectivity index (χ1n) is 31.4. The first kappa shape index (κ1) is 71.1. The fourth-order valence-corrected chi connectivity index (χ4v) is 8.64. The van der Waals surface area contributed by atoms with Gasteiger partial charge in [-0.15, -0.1) is 0 Å². The summed E-state index contributed by atoms with van der Waals surface area (Å²) in [5, 5.41) is 0. The normalized spacial score (nSPS) is 12.8. The molecule has 0 radical (unpaired) electrons. The van der Waals surface area contributed by atoms with Crippen LogP contribution in [0.4, 0.5) is 0 Å². The van der Waals surface area contributed by atoms with E-state index in [-0.39, 0.29) is 31.1 Å². The van der Waals surface area contributed by atoms with Crippen LogP contribution in [-0.2, 0) is 28.6 Å². The van der Waals surface area contributed by atoms with Crippen molar-refractivity contribution in [3.05, 3.63) is 109 Å². The number of rotatable bonds is 56. The number of allylic oxidation sites excluding steroid dienone is 18. The van der Waals surface area contributed by atoms with Gasteiger partial charge in [0.1, 0.15) is 13.2 Å². The molecular weight excluding hydrogens is 925 g/mol. The molecule has 0 aliphatic rings. The quantitative estimate of drug-likeness (QED) is 0.0261. The molecule has 1 unspecified atom stereocenters. The molecule has 0 aromatic carbocycles. The minimum Gasteiger partial charge on any atom is -0.462 e. The van der Waals surface area contributed by atoms with Crippen LogP contribution >= 0.6 is 0 Å². The maximum absolute atomic E-state index is 12.8. The monoisotopic (exact) mass is 1040 g/mol. The number of unbranched alkanes of at least 4 members (excludes halogenated alkanes) is 27. The van der Waals surface area contributed by atoms with Crippen molar-refractivity contribution in [3.63, 3.8) is 0 Å². The van der Waals surface area contributed by atoms with Crippen molar-refractivity contribution in [1.29, 1.82) is 0 Å². The van der Waals surface area contributed by atoms with Gasteiger partial charge in [0.2, 0.25) is 0 Å². The SMILES string of the molecule is CC/C=C\C/C=C\C/C=C\C/C=C\C/C=C\C/C=C\CCCCCCCCCCCCCCCCCCC(=O)OCC(COC(=O)CCCCCCC)OC(=O)CCCCCCCCC/C=C\C/C=C\C/C=C\CC. The third kappa shape index (κ3) is 60.8. The molecular formula is C69H116O6. The van der Waals surface area contributed by atoms with Crippen LogP contribution in [-0.4, -0.2) is 37.2 Å². The fourth-order valence-electron chi connectivity index (χ4n) is 8.64. The van der Waals surface area contributed by atoms with Crippen molar-refractivity contribution < 1.29 is 28.6 Å². The Morgan fingerprint density at radius 1 is 0.280 bits per heavy atom. The van der Waals surface area contributed by atoms with Crippen LogP contribution in [0.1, 0.15) is 290 Å². The predicted octanol–water partition coefficient (Wildman–Crippen LogP) is 21.4. The summed E-state index contributed by atoms with van der Waals surface area (Å²) in [7, 11) is 0. The molecule has 0 aliphatic heterocycles. The molecule has 0 rings (SSSR count). The summed E-state index contributed by atoms with van der Waals surface area (Å²) in [6.45, 7) is 6.33. The summed E-state index contributed by atoms with van der Waals surface area (Å²) < 4.78 is 16.7. The zero-order valence-electron chi connectivity index (χ0n) is 49.0. The molecule has 0 heterocycles. The van der Waals surface area contributed by atoms with Gasteiger partial charge in [-0.3, -0.25) is 14.4 Å². The fraction of sp³-hybridized carbons (Fsp3) is 0.696. The van der Waals surface area contributed by atoms with Gasteiger partial charge in [-0.1, -0.05) is 278 Å². The van der Waals surface area contributed by atoms with Crippen molar-refractivity contribution in [1.82, 2.24) is 0 Å². The van der Waals surface area contributed by atoms with Gasteiger partial charge in [0.25, 0.3) is 0 Å². The first-order valence-corrected chi connectivity index (χ1v) is 31.4. The summed E-state index contributed by atoms with van der Waals surface area (Å²) in [5.74, 6) is -0.899. The largest absolute Gasteiger partial charge is 0.462 e. The number of hydrogen-bond acceptors (Lipinski definition) is 6. The molecule has 428 valence electrons. The molecule has 6 nitrogen and oxygen atoms in total. The maximum Gasteiger partial charge on any atom is 0.306 e. The molecule has 0 saturated carbocycles. The van der Waals surface area contributed by atoms with Gasteiger partial charge < -0.3 is 14.2 Å². The zero-order chi connectivity index (χ0) is 54.3. The van der Waals surface area contributed by atoms with E-state index in [1.807, 2.05) is 0 Å². The molecule has 1 atom stereocenters. The highest BCUT2D eigenvalue weighted by atomic mass is 16.6.